The molecule has 2 nitrogen and oxygen atoms in total. The molecule has 0 saturated carbocycles. The third kappa shape index (κ3) is 5.09. The van der Waals surface area contributed by atoms with Crippen LogP contribution < -0.4 is 0 Å². The lowest BCUT2D eigenvalue weighted by Gasteiger charge is -2.43. The summed E-state index contributed by atoms with van der Waals surface area (Å²) in [6, 6.07) is 0.401. The van der Waals surface area contributed by atoms with Crippen LogP contribution in [0.4, 0.5) is 0 Å². The molecule has 3 atom stereocenters. The fraction of sp³-hybridized carbons (Fsp3) is 0.900. The SMILES string of the molecule is CCCCCCCC[C@@H](C)/C=C1\CN2CCC[C@H]2[C@@](C)(O)C1. The van der Waals surface area contributed by atoms with Crippen molar-refractivity contribution in [2.24, 2.45) is 5.92 Å². The first-order valence-electron chi connectivity index (χ1n) is 9.69. The Morgan fingerprint density at radius 3 is 2.77 bits per heavy atom. The van der Waals surface area contributed by atoms with Crippen molar-refractivity contribution in [2.45, 2.75) is 96.6 Å². The molecule has 0 aromatic rings. The quantitative estimate of drug-likeness (QED) is 0.508. The monoisotopic (exact) mass is 307 g/mol. The summed E-state index contributed by atoms with van der Waals surface area (Å²) in [5.74, 6) is 0.663. The van der Waals surface area contributed by atoms with Gasteiger partial charge in [-0.05, 0) is 45.1 Å². The third-order valence-corrected chi connectivity index (χ3v) is 5.61. The molecule has 2 heteroatoms. The number of fused-ring (bicyclic) bond motifs is 1. The van der Waals surface area contributed by atoms with Crippen LogP contribution in [0.2, 0.25) is 0 Å². The summed E-state index contributed by atoms with van der Waals surface area (Å²) < 4.78 is 0. The molecule has 2 heterocycles. The van der Waals surface area contributed by atoms with Crippen molar-refractivity contribution in [1.29, 1.82) is 0 Å². The van der Waals surface area contributed by atoms with Gasteiger partial charge in [0.15, 0.2) is 0 Å². The second-order valence-corrected chi connectivity index (χ2v) is 8.02. The Bertz CT molecular complexity index is 361. The van der Waals surface area contributed by atoms with E-state index in [2.05, 4.69) is 24.8 Å². The average Bonchev–Trinajstić information content (AvgIpc) is 2.91. The lowest BCUT2D eigenvalue weighted by atomic mass is 9.82. The Hall–Kier alpha value is -0.340. The van der Waals surface area contributed by atoms with E-state index in [9.17, 15) is 5.11 Å². The first kappa shape index (κ1) is 18.0. The maximum atomic E-state index is 10.7. The average molecular weight is 308 g/mol. The van der Waals surface area contributed by atoms with Crippen molar-refractivity contribution < 1.29 is 5.11 Å². The summed E-state index contributed by atoms with van der Waals surface area (Å²) in [4.78, 5) is 2.51. The minimum atomic E-state index is -0.513. The van der Waals surface area contributed by atoms with Crippen LogP contribution in [0.25, 0.3) is 0 Å². The Labute approximate surface area is 138 Å². The Morgan fingerprint density at radius 1 is 1.27 bits per heavy atom. The Balaban J connectivity index is 1.74. The van der Waals surface area contributed by atoms with Crippen LogP contribution in [-0.4, -0.2) is 34.7 Å². The molecule has 128 valence electrons. The minimum Gasteiger partial charge on any atom is -0.388 e. The molecule has 0 spiro atoms. The fourth-order valence-corrected chi connectivity index (χ4v) is 4.46. The van der Waals surface area contributed by atoms with Gasteiger partial charge in [-0.25, -0.2) is 0 Å². The van der Waals surface area contributed by atoms with Crippen LogP contribution in [0, 0.1) is 5.92 Å². The number of nitrogens with zero attached hydrogens (tertiary/aromatic N) is 1. The van der Waals surface area contributed by atoms with Gasteiger partial charge >= 0.3 is 0 Å². The summed E-state index contributed by atoms with van der Waals surface area (Å²) in [5.41, 5.74) is 0.960. The summed E-state index contributed by atoms with van der Waals surface area (Å²) in [5, 5.41) is 10.7. The van der Waals surface area contributed by atoms with E-state index in [1.807, 2.05) is 6.92 Å². The molecule has 0 aromatic heterocycles. The molecular formula is C20H37NO. The zero-order valence-corrected chi connectivity index (χ0v) is 15.1. The number of rotatable bonds is 8. The van der Waals surface area contributed by atoms with Gasteiger partial charge in [-0.3, -0.25) is 4.90 Å². The van der Waals surface area contributed by atoms with Gasteiger partial charge < -0.3 is 5.11 Å². The van der Waals surface area contributed by atoms with Gasteiger partial charge in [-0.15, -0.1) is 0 Å². The number of unbranched alkanes of at least 4 members (excludes halogenated alkanes) is 5. The van der Waals surface area contributed by atoms with Crippen molar-refractivity contribution in [1.82, 2.24) is 4.90 Å². The van der Waals surface area contributed by atoms with Crippen LogP contribution in [0.5, 0.6) is 0 Å². The molecule has 0 radical (unpaired) electrons. The van der Waals surface area contributed by atoms with E-state index in [1.165, 1.54) is 69.9 Å². The highest BCUT2D eigenvalue weighted by atomic mass is 16.3. The topological polar surface area (TPSA) is 23.5 Å². The van der Waals surface area contributed by atoms with Crippen molar-refractivity contribution in [2.75, 3.05) is 13.1 Å². The Kier molecular flexibility index (Phi) is 6.95. The third-order valence-electron chi connectivity index (χ3n) is 5.61. The predicted molar refractivity (Wildman–Crippen MR) is 95.1 cm³/mol. The molecule has 0 bridgehead atoms. The van der Waals surface area contributed by atoms with Gasteiger partial charge in [0.1, 0.15) is 0 Å². The van der Waals surface area contributed by atoms with Gasteiger partial charge in [0.2, 0.25) is 0 Å². The Morgan fingerprint density at radius 2 is 2.00 bits per heavy atom. The molecule has 2 rings (SSSR count). The van der Waals surface area contributed by atoms with Crippen molar-refractivity contribution in [3.8, 4) is 0 Å². The molecular weight excluding hydrogens is 270 g/mol. The second-order valence-electron chi connectivity index (χ2n) is 8.02. The zero-order chi connectivity index (χ0) is 16.0. The lowest BCUT2D eigenvalue weighted by Crippen LogP contribution is -2.52. The summed E-state index contributed by atoms with van der Waals surface area (Å²) in [7, 11) is 0. The first-order valence-corrected chi connectivity index (χ1v) is 9.69. The van der Waals surface area contributed by atoms with Crippen LogP contribution in [0.3, 0.4) is 0 Å². The molecule has 22 heavy (non-hydrogen) atoms. The van der Waals surface area contributed by atoms with E-state index < -0.39 is 5.60 Å². The van der Waals surface area contributed by atoms with Crippen LogP contribution >= 0.6 is 0 Å². The van der Waals surface area contributed by atoms with E-state index in [4.69, 9.17) is 0 Å². The number of aliphatic hydroxyl groups is 1. The van der Waals surface area contributed by atoms with Crippen molar-refractivity contribution in [3.63, 3.8) is 0 Å². The van der Waals surface area contributed by atoms with Gasteiger partial charge in [-0.1, -0.05) is 64.0 Å². The highest BCUT2D eigenvalue weighted by Gasteiger charge is 2.43. The summed E-state index contributed by atoms with van der Waals surface area (Å²) >= 11 is 0. The highest BCUT2D eigenvalue weighted by molar-refractivity contribution is 5.17. The first-order chi connectivity index (χ1) is 10.5. The van der Waals surface area contributed by atoms with Gasteiger partial charge in [0.05, 0.1) is 5.60 Å². The van der Waals surface area contributed by atoms with Gasteiger partial charge in [-0.2, -0.15) is 0 Å². The van der Waals surface area contributed by atoms with Crippen molar-refractivity contribution in [3.05, 3.63) is 11.6 Å². The molecule has 2 aliphatic rings. The maximum Gasteiger partial charge on any atom is 0.0811 e. The lowest BCUT2D eigenvalue weighted by molar-refractivity contribution is -0.0330. The van der Waals surface area contributed by atoms with E-state index in [0.29, 0.717) is 12.0 Å². The zero-order valence-electron chi connectivity index (χ0n) is 15.1. The van der Waals surface area contributed by atoms with E-state index in [1.54, 1.807) is 0 Å². The number of allylic oxidation sites excluding steroid dienone is 1. The number of hydrogen-bond donors (Lipinski definition) is 1. The predicted octanol–water partition coefficient (Wildman–Crippen LogP) is 4.92. The second kappa shape index (κ2) is 8.49. The molecule has 0 amide bonds. The minimum absolute atomic E-state index is 0.401. The largest absolute Gasteiger partial charge is 0.388 e. The molecule has 2 saturated heterocycles. The smallest absolute Gasteiger partial charge is 0.0811 e. The summed E-state index contributed by atoms with van der Waals surface area (Å²) in [6.07, 6.45) is 15.4. The van der Waals surface area contributed by atoms with Gasteiger partial charge in [0.25, 0.3) is 0 Å². The summed E-state index contributed by atoms with van der Waals surface area (Å²) in [6.45, 7) is 8.94. The molecule has 1 N–H and O–H groups in total. The van der Waals surface area contributed by atoms with E-state index in [-0.39, 0.29) is 0 Å². The normalized spacial score (nSPS) is 32.4. The molecule has 0 aliphatic carbocycles. The van der Waals surface area contributed by atoms with E-state index in [0.717, 1.165) is 13.0 Å². The van der Waals surface area contributed by atoms with Crippen LogP contribution in [-0.2, 0) is 0 Å². The van der Waals surface area contributed by atoms with Crippen molar-refractivity contribution >= 4 is 0 Å². The standard InChI is InChI=1S/C20H37NO/c1-4-5-6-7-8-9-11-17(2)14-18-15-20(3,22)19-12-10-13-21(19)16-18/h14,17,19,22H,4-13,15-16H2,1-3H3/b18-14-/t17-,19+,20+/m1/s1. The fourth-order valence-electron chi connectivity index (χ4n) is 4.46. The van der Waals surface area contributed by atoms with E-state index >= 15 is 0 Å². The van der Waals surface area contributed by atoms with Gasteiger partial charge in [0, 0.05) is 12.6 Å². The molecule has 0 aromatic carbocycles. The molecule has 2 aliphatic heterocycles. The van der Waals surface area contributed by atoms with Crippen LogP contribution in [0.1, 0.15) is 85.0 Å². The molecule has 2 fully saturated rings. The molecule has 0 unspecified atom stereocenters. The number of hydrogen-bond acceptors (Lipinski definition) is 2. The maximum absolute atomic E-state index is 10.7. The highest BCUT2D eigenvalue weighted by Crippen LogP contribution is 2.37. The van der Waals surface area contributed by atoms with Crippen LogP contribution in [0.15, 0.2) is 11.6 Å². The number of piperidine rings is 1.